The molecule has 40 valence electrons. The molecule has 0 unspecified atom stereocenters. The van der Waals surface area contributed by atoms with Gasteiger partial charge in [-0.05, 0) is 25.6 Å². The minimum atomic E-state index is 0. The van der Waals surface area contributed by atoms with Crippen LogP contribution in [-0.4, -0.2) is 11.5 Å². The van der Waals surface area contributed by atoms with Crippen molar-refractivity contribution in [3.8, 4) is 0 Å². The summed E-state index contributed by atoms with van der Waals surface area (Å²) in [6.45, 7) is 4.40. The van der Waals surface area contributed by atoms with Crippen LogP contribution in [0, 0.1) is 0 Å². The Kier molecular flexibility index (Phi) is 15.9. The molecule has 6 heavy (non-hydrogen) atoms. The molecule has 0 fully saturated rings. The largest absolute Gasteiger partial charge is 1.00 e. The second-order valence-corrected chi connectivity index (χ2v) is 2.57. The fraction of sp³-hybridized carbons (Fsp3) is 1.00. The molecule has 0 saturated carbocycles. The Labute approximate surface area is 61.1 Å². The van der Waals surface area contributed by atoms with Crippen molar-refractivity contribution in [1.29, 1.82) is 0 Å². The van der Waals surface area contributed by atoms with Crippen LogP contribution in [0.3, 0.4) is 0 Å². The molecule has 0 radical (unpaired) electrons. The van der Waals surface area contributed by atoms with Gasteiger partial charge in [0.15, 0.2) is 0 Å². The van der Waals surface area contributed by atoms with Gasteiger partial charge in [-0.25, -0.2) is 0 Å². The molecule has 0 spiro atoms. The molecule has 0 rings (SSSR count). The average molecular weight is 218 g/mol. The molecule has 2 heteroatoms. The third kappa shape index (κ3) is 8.91. The van der Waals surface area contributed by atoms with Gasteiger partial charge in [-0.2, -0.15) is 0 Å². The van der Waals surface area contributed by atoms with Gasteiger partial charge in [0, 0.05) is 0 Å². The molecule has 0 N–H and O–H groups in total. The van der Waals surface area contributed by atoms with Crippen molar-refractivity contribution in [2.75, 3.05) is 11.5 Å². The van der Waals surface area contributed by atoms with Gasteiger partial charge in [0.25, 0.3) is 0 Å². The van der Waals surface area contributed by atoms with E-state index in [1.54, 1.807) is 11.8 Å². The second-order valence-electron chi connectivity index (χ2n) is 0.856. The highest BCUT2D eigenvalue weighted by atomic mass is 127. The first-order valence-corrected chi connectivity index (χ1v) is 3.31. The fourth-order valence-corrected chi connectivity index (χ4v) is 0.671. The number of halogens is 1. The van der Waals surface area contributed by atoms with E-state index in [1.807, 2.05) is 0 Å². The van der Waals surface area contributed by atoms with Crippen LogP contribution in [0.5, 0.6) is 0 Å². The predicted molar refractivity (Wildman–Crippen MR) is 29.8 cm³/mol. The van der Waals surface area contributed by atoms with E-state index in [0.717, 1.165) is 0 Å². The molecule has 0 atom stereocenters. The molecule has 0 aliphatic rings. The maximum absolute atomic E-state index is 2.20. The Bertz CT molecular complexity index is 15.0. The maximum atomic E-state index is 2.20. The summed E-state index contributed by atoms with van der Waals surface area (Å²) in [5.74, 6) is 2.63. The summed E-state index contributed by atoms with van der Waals surface area (Å²) in [7, 11) is 0. The van der Waals surface area contributed by atoms with Gasteiger partial charge in [-0.1, -0.05) is 0 Å². The monoisotopic (exact) mass is 218 g/mol. The first kappa shape index (κ1) is 10.1. The Morgan fingerprint density at radius 1 is 1.17 bits per heavy atom. The number of hydrogen-bond acceptors (Lipinski definition) is 0. The van der Waals surface area contributed by atoms with Gasteiger partial charge in [-0.15, -0.1) is 0 Å². The highest BCUT2D eigenvalue weighted by molar-refractivity contribution is 7.78. The lowest BCUT2D eigenvalue weighted by Gasteiger charge is -1.69. The summed E-state index contributed by atoms with van der Waals surface area (Å²) >= 11 is 1.58. The molecule has 0 aromatic rings. The zero-order valence-electron chi connectivity index (χ0n) is 4.24. The van der Waals surface area contributed by atoms with E-state index in [0.29, 0.717) is 0 Å². The number of thiol groups is 1. The molecule has 0 heterocycles. The highest BCUT2D eigenvalue weighted by Gasteiger charge is 1.77. The van der Waals surface area contributed by atoms with Gasteiger partial charge in [-0.3, -0.25) is 0 Å². The second kappa shape index (κ2) is 9.43. The minimum absolute atomic E-state index is 0. The standard InChI is InChI=1S/C4H10S.HI/c1-3-5-4-2;/h3-4H2,1-2H3;1H. The smallest absolute Gasteiger partial charge is 0.103 e. The van der Waals surface area contributed by atoms with Crippen molar-refractivity contribution in [3.05, 3.63) is 0 Å². The van der Waals surface area contributed by atoms with Crippen LogP contribution in [-0.2, 0) is 11.8 Å². The van der Waals surface area contributed by atoms with Crippen molar-refractivity contribution in [2.45, 2.75) is 13.8 Å². The molecule has 0 nitrogen and oxygen atoms in total. The van der Waals surface area contributed by atoms with Crippen LogP contribution in [0.2, 0.25) is 0 Å². The van der Waals surface area contributed by atoms with Gasteiger partial charge in [0.1, 0.15) is 11.5 Å². The molecule has 0 aliphatic carbocycles. The van der Waals surface area contributed by atoms with Crippen molar-refractivity contribution >= 4 is 11.8 Å². The zero-order valence-corrected chi connectivity index (χ0v) is 7.29. The topological polar surface area (TPSA) is 0 Å². The lowest BCUT2D eigenvalue weighted by atomic mass is 11.0. The van der Waals surface area contributed by atoms with E-state index in [4.69, 9.17) is 0 Å². The van der Waals surface area contributed by atoms with E-state index in [9.17, 15) is 0 Å². The average Bonchev–Trinajstić information content (AvgIpc) is 1.41. The van der Waals surface area contributed by atoms with Gasteiger partial charge in [0.2, 0.25) is 0 Å². The lowest BCUT2D eigenvalue weighted by Crippen LogP contribution is -3.00. The van der Waals surface area contributed by atoms with Crippen molar-refractivity contribution in [3.63, 3.8) is 0 Å². The Morgan fingerprint density at radius 3 is 1.50 bits per heavy atom. The fourth-order valence-electron chi connectivity index (χ4n) is 0.224. The summed E-state index contributed by atoms with van der Waals surface area (Å²) in [6.07, 6.45) is 0. The maximum Gasteiger partial charge on any atom is 0.103 e. The Balaban J connectivity index is 0. The quantitative estimate of drug-likeness (QED) is 0.281. The number of hydrogen-bond donors (Lipinski definition) is 0. The predicted octanol–water partition coefficient (Wildman–Crippen LogP) is -2.15. The SMILES string of the molecule is CC[SH+]CC.[I-]. The van der Waals surface area contributed by atoms with Crippen LogP contribution in [0.1, 0.15) is 13.8 Å². The molecule has 0 aliphatic heterocycles. The summed E-state index contributed by atoms with van der Waals surface area (Å²) in [5.41, 5.74) is 0. The first-order valence-electron chi connectivity index (χ1n) is 2.05. The summed E-state index contributed by atoms with van der Waals surface area (Å²) in [4.78, 5) is 0. The molecule has 0 amide bonds. The van der Waals surface area contributed by atoms with E-state index in [-0.39, 0.29) is 24.0 Å². The summed E-state index contributed by atoms with van der Waals surface area (Å²) in [5, 5.41) is 0. The normalized spacial score (nSPS) is 7.00. The van der Waals surface area contributed by atoms with Crippen LogP contribution < -0.4 is 24.0 Å². The lowest BCUT2D eigenvalue weighted by molar-refractivity contribution is -0.00000114. The van der Waals surface area contributed by atoms with Gasteiger partial charge >= 0.3 is 0 Å². The minimum Gasteiger partial charge on any atom is -1.00 e. The first-order chi connectivity index (χ1) is 2.41. The van der Waals surface area contributed by atoms with Crippen molar-refractivity contribution in [1.82, 2.24) is 0 Å². The summed E-state index contributed by atoms with van der Waals surface area (Å²) < 4.78 is 0. The van der Waals surface area contributed by atoms with E-state index in [2.05, 4.69) is 13.8 Å². The molecule has 0 aromatic carbocycles. The van der Waals surface area contributed by atoms with Crippen molar-refractivity contribution < 1.29 is 24.0 Å². The van der Waals surface area contributed by atoms with Crippen LogP contribution in [0.4, 0.5) is 0 Å². The van der Waals surface area contributed by atoms with Crippen LogP contribution >= 0.6 is 0 Å². The van der Waals surface area contributed by atoms with Gasteiger partial charge < -0.3 is 24.0 Å². The van der Waals surface area contributed by atoms with Crippen LogP contribution in [0.25, 0.3) is 0 Å². The van der Waals surface area contributed by atoms with E-state index in [1.165, 1.54) is 11.5 Å². The van der Waals surface area contributed by atoms with Crippen LogP contribution in [0.15, 0.2) is 0 Å². The van der Waals surface area contributed by atoms with Gasteiger partial charge in [0.05, 0.1) is 0 Å². The third-order valence-corrected chi connectivity index (χ3v) is 1.34. The molecule has 0 bridgehead atoms. The molecule has 0 saturated heterocycles. The number of rotatable bonds is 2. The Hall–Kier alpha value is 1.08. The van der Waals surface area contributed by atoms with E-state index < -0.39 is 0 Å². The van der Waals surface area contributed by atoms with E-state index >= 15 is 0 Å². The summed E-state index contributed by atoms with van der Waals surface area (Å²) in [6, 6.07) is 0. The highest BCUT2D eigenvalue weighted by Crippen LogP contribution is 1.66. The zero-order chi connectivity index (χ0) is 4.12. The third-order valence-electron chi connectivity index (χ3n) is 0.447. The van der Waals surface area contributed by atoms with Crippen molar-refractivity contribution in [2.24, 2.45) is 0 Å². The molecular weight excluding hydrogens is 207 g/mol. The Morgan fingerprint density at radius 2 is 1.50 bits per heavy atom. The molecular formula is C4H11IS. The molecule has 0 aromatic heterocycles.